The highest BCUT2D eigenvalue weighted by Gasteiger charge is 2.39. The molecule has 1 amide bonds. The number of methoxy groups -OCH3 is 1. The van der Waals surface area contributed by atoms with Crippen LogP contribution in [0, 0.1) is 13.8 Å². The van der Waals surface area contributed by atoms with Gasteiger partial charge in [0, 0.05) is 24.7 Å². The molecule has 0 saturated carbocycles. The number of benzene rings is 3. The lowest BCUT2D eigenvalue weighted by Gasteiger charge is -2.41. The smallest absolute Gasteiger partial charge is 0.364 e. The average molecular weight is 544 g/mol. The van der Waals surface area contributed by atoms with Crippen molar-refractivity contribution >= 4 is 22.6 Å². The minimum absolute atomic E-state index is 0.0429. The summed E-state index contributed by atoms with van der Waals surface area (Å²) in [5.74, 6) is -0.446. The third-order valence-corrected chi connectivity index (χ3v) is 7.38. The maximum Gasteiger partial charge on any atom is 0.364 e. The fourth-order valence-electron chi connectivity index (χ4n) is 5.19. The molecule has 2 atom stereocenters. The number of hydrogen-bond acceptors (Lipinski definition) is 7. The van der Waals surface area contributed by atoms with Crippen molar-refractivity contribution < 1.29 is 28.5 Å². The molecular formula is C32H33NO7. The molecule has 2 heterocycles. The molecule has 4 aromatic rings. The van der Waals surface area contributed by atoms with Crippen LogP contribution in [-0.2, 0) is 9.47 Å². The molecule has 0 bridgehead atoms. The minimum Gasteiger partial charge on any atom is -0.505 e. The Balaban J connectivity index is 1.40. The summed E-state index contributed by atoms with van der Waals surface area (Å²) in [6.45, 7) is 7.65. The van der Waals surface area contributed by atoms with E-state index in [4.69, 9.17) is 18.6 Å². The van der Waals surface area contributed by atoms with Gasteiger partial charge in [-0.2, -0.15) is 0 Å². The van der Waals surface area contributed by atoms with Gasteiger partial charge in [-0.1, -0.05) is 42.0 Å². The number of nitrogens with one attached hydrogen (secondary N) is 1. The van der Waals surface area contributed by atoms with Crippen molar-refractivity contribution in [3.05, 3.63) is 87.8 Å². The second-order valence-corrected chi connectivity index (χ2v) is 10.7. The van der Waals surface area contributed by atoms with E-state index in [0.29, 0.717) is 23.3 Å². The van der Waals surface area contributed by atoms with E-state index in [-0.39, 0.29) is 28.5 Å². The summed E-state index contributed by atoms with van der Waals surface area (Å²) >= 11 is 0. The Morgan fingerprint density at radius 2 is 1.75 bits per heavy atom. The third-order valence-electron chi connectivity index (χ3n) is 7.38. The highest BCUT2D eigenvalue weighted by Crippen LogP contribution is 2.37. The number of ether oxygens (including phenoxy) is 3. The largest absolute Gasteiger partial charge is 0.505 e. The number of anilines is 1. The van der Waals surface area contributed by atoms with Crippen molar-refractivity contribution in [3.63, 3.8) is 0 Å². The molecule has 0 radical (unpaired) electrons. The minimum atomic E-state index is -0.869. The Morgan fingerprint density at radius 1 is 1.02 bits per heavy atom. The first-order valence-electron chi connectivity index (χ1n) is 13.2. The molecule has 208 valence electrons. The molecule has 1 fully saturated rings. The molecule has 5 rings (SSSR count). The summed E-state index contributed by atoms with van der Waals surface area (Å²) in [4.78, 5) is 26.0. The third kappa shape index (κ3) is 5.33. The van der Waals surface area contributed by atoms with Crippen LogP contribution in [0.3, 0.4) is 0 Å². The number of amides is 1. The molecule has 8 nitrogen and oxygen atoms in total. The van der Waals surface area contributed by atoms with Crippen LogP contribution in [0.2, 0.25) is 0 Å². The SMILES string of the molecule is CO[C@@H]1CC[C@H](Oc2ccc3c(O)c(NC(=O)c4cccc(-c5cccc(C)c5)c4)c(=O)oc3c2C)OC1(C)C. The van der Waals surface area contributed by atoms with E-state index in [0.717, 1.165) is 23.1 Å². The predicted molar refractivity (Wildman–Crippen MR) is 153 cm³/mol. The van der Waals surface area contributed by atoms with Gasteiger partial charge in [-0.25, -0.2) is 4.79 Å². The van der Waals surface area contributed by atoms with Gasteiger partial charge >= 0.3 is 5.63 Å². The monoisotopic (exact) mass is 543 g/mol. The summed E-state index contributed by atoms with van der Waals surface area (Å²) in [6.07, 6.45) is 0.851. The summed E-state index contributed by atoms with van der Waals surface area (Å²) in [5, 5.41) is 13.8. The highest BCUT2D eigenvalue weighted by atomic mass is 16.7. The Morgan fingerprint density at radius 3 is 2.45 bits per heavy atom. The van der Waals surface area contributed by atoms with Crippen LogP contribution >= 0.6 is 0 Å². The normalized spacial score (nSPS) is 18.4. The highest BCUT2D eigenvalue weighted by molar-refractivity contribution is 6.07. The molecule has 40 heavy (non-hydrogen) atoms. The maximum atomic E-state index is 13.1. The maximum absolute atomic E-state index is 13.1. The van der Waals surface area contributed by atoms with Gasteiger partial charge in [0.15, 0.2) is 11.4 Å². The van der Waals surface area contributed by atoms with Crippen molar-refractivity contribution in [2.45, 2.75) is 58.5 Å². The molecule has 1 aromatic heterocycles. The summed E-state index contributed by atoms with van der Waals surface area (Å²) < 4.78 is 23.3. The number of hydrogen-bond donors (Lipinski definition) is 2. The molecule has 3 aromatic carbocycles. The zero-order valence-corrected chi connectivity index (χ0v) is 23.2. The van der Waals surface area contributed by atoms with Gasteiger partial charge in [0.1, 0.15) is 11.3 Å². The topological polar surface area (TPSA) is 107 Å². The van der Waals surface area contributed by atoms with Gasteiger partial charge < -0.3 is 29.1 Å². The standard InChI is InChI=1S/C32H33NO7/c1-18-8-6-9-20(16-18)21-10-7-11-22(17-21)30(35)33-27-28(34)23-12-13-24(19(2)29(23)39-31(27)36)38-26-15-14-25(37-5)32(3,4)40-26/h6-13,16-17,25-26,34H,14-15H2,1-5H3,(H,33,35)/t25-,26-/m1/s1. The van der Waals surface area contributed by atoms with E-state index in [1.807, 2.05) is 51.1 Å². The number of aromatic hydroxyl groups is 1. The van der Waals surface area contributed by atoms with Crippen LogP contribution < -0.4 is 15.7 Å². The molecule has 0 spiro atoms. The Kier molecular flexibility index (Phi) is 7.40. The number of rotatable bonds is 6. The zero-order valence-electron chi connectivity index (χ0n) is 23.2. The fraction of sp³-hybridized carbons (Fsp3) is 0.312. The number of carbonyl (C=O) groups excluding carboxylic acids is 1. The Labute approximate surface area is 232 Å². The first-order chi connectivity index (χ1) is 19.1. The van der Waals surface area contributed by atoms with Gasteiger partial charge in [-0.3, -0.25) is 4.79 Å². The van der Waals surface area contributed by atoms with Crippen LogP contribution in [-0.4, -0.2) is 36.1 Å². The first kappa shape index (κ1) is 27.4. The van der Waals surface area contributed by atoms with Crippen LogP contribution in [0.25, 0.3) is 22.1 Å². The van der Waals surface area contributed by atoms with Crippen LogP contribution in [0.5, 0.6) is 11.5 Å². The Bertz CT molecular complexity index is 1640. The molecule has 0 aliphatic carbocycles. The Hall–Kier alpha value is -4.14. The van der Waals surface area contributed by atoms with E-state index < -0.39 is 23.4 Å². The first-order valence-corrected chi connectivity index (χ1v) is 13.2. The van der Waals surface area contributed by atoms with E-state index >= 15 is 0 Å². The van der Waals surface area contributed by atoms with Crippen molar-refractivity contribution in [1.82, 2.24) is 0 Å². The van der Waals surface area contributed by atoms with E-state index in [9.17, 15) is 14.7 Å². The van der Waals surface area contributed by atoms with Gasteiger partial charge in [0.05, 0.1) is 17.1 Å². The molecule has 1 saturated heterocycles. The van der Waals surface area contributed by atoms with Crippen molar-refractivity contribution in [2.24, 2.45) is 0 Å². The lowest BCUT2D eigenvalue weighted by Crippen LogP contribution is -2.49. The van der Waals surface area contributed by atoms with Crippen molar-refractivity contribution in [1.29, 1.82) is 0 Å². The van der Waals surface area contributed by atoms with E-state index in [1.54, 1.807) is 44.4 Å². The molecule has 1 aliphatic heterocycles. The van der Waals surface area contributed by atoms with Gasteiger partial charge in [-0.05, 0) is 69.5 Å². The second-order valence-electron chi connectivity index (χ2n) is 10.7. The van der Waals surface area contributed by atoms with Crippen molar-refractivity contribution in [3.8, 4) is 22.6 Å². The summed E-state index contributed by atoms with van der Waals surface area (Å²) in [5.41, 5.74) is 2.25. The van der Waals surface area contributed by atoms with Gasteiger partial charge in [0.25, 0.3) is 5.91 Å². The van der Waals surface area contributed by atoms with Crippen LogP contribution in [0.15, 0.2) is 69.9 Å². The number of aryl methyl sites for hydroxylation is 2. The predicted octanol–water partition coefficient (Wildman–Crippen LogP) is 6.34. The average Bonchev–Trinajstić information content (AvgIpc) is 2.92. The van der Waals surface area contributed by atoms with Crippen LogP contribution in [0.1, 0.15) is 48.2 Å². The van der Waals surface area contributed by atoms with Gasteiger partial charge in [-0.15, -0.1) is 0 Å². The molecule has 8 heteroatoms. The van der Waals surface area contributed by atoms with E-state index in [2.05, 4.69) is 5.32 Å². The molecule has 1 aliphatic rings. The quantitative estimate of drug-likeness (QED) is 0.273. The number of fused-ring (bicyclic) bond motifs is 1. The van der Waals surface area contributed by atoms with Crippen molar-refractivity contribution in [2.75, 3.05) is 12.4 Å². The summed E-state index contributed by atoms with van der Waals surface area (Å²) in [7, 11) is 1.66. The molecular weight excluding hydrogens is 510 g/mol. The lowest BCUT2D eigenvalue weighted by atomic mass is 9.94. The number of carbonyl (C=O) groups is 1. The van der Waals surface area contributed by atoms with E-state index in [1.165, 1.54) is 0 Å². The van der Waals surface area contributed by atoms with Gasteiger partial charge in [0.2, 0.25) is 6.29 Å². The lowest BCUT2D eigenvalue weighted by molar-refractivity contribution is -0.233. The summed E-state index contributed by atoms with van der Waals surface area (Å²) in [6, 6.07) is 18.3. The fourth-order valence-corrected chi connectivity index (χ4v) is 5.19. The zero-order chi connectivity index (χ0) is 28.6. The second kappa shape index (κ2) is 10.8. The van der Waals surface area contributed by atoms with Crippen LogP contribution in [0.4, 0.5) is 5.69 Å². The molecule has 0 unspecified atom stereocenters. The molecule has 2 N–H and O–H groups in total.